The van der Waals surface area contributed by atoms with E-state index in [-0.39, 0.29) is 16.9 Å². The summed E-state index contributed by atoms with van der Waals surface area (Å²) in [5.41, 5.74) is -0.0402. The molecule has 0 unspecified atom stereocenters. The van der Waals surface area contributed by atoms with Crippen molar-refractivity contribution >= 4 is 33.3 Å². The number of aryl methyl sites for hydroxylation is 1. The van der Waals surface area contributed by atoms with Gasteiger partial charge in [-0.05, 0) is 18.2 Å². The largest absolute Gasteiger partial charge is 0.350 e. The lowest BCUT2D eigenvalue weighted by molar-refractivity contribution is 0.102. The Kier molecular flexibility index (Phi) is 4.15. The van der Waals surface area contributed by atoms with Crippen LogP contribution in [0.5, 0.6) is 0 Å². The number of amides is 1. The molecule has 0 bridgehead atoms. The second-order valence-corrected chi connectivity index (χ2v) is 6.71. The van der Waals surface area contributed by atoms with Crippen molar-refractivity contribution in [1.29, 1.82) is 0 Å². The Bertz CT molecular complexity index is 993. The average molecular weight is 346 g/mol. The molecular formula is C16H15FN4O2S. The van der Waals surface area contributed by atoms with Gasteiger partial charge in [-0.3, -0.25) is 14.9 Å². The third-order valence-electron chi connectivity index (χ3n) is 3.55. The molecule has 24 heavy (non-hydrogen) atoms. The van der Waals surface area contributed by atoms with Gasteiger partial charge in [0.2, 0.25) is 10.6 Å². The molecule has 124 valence electrons. The number of nitrogens with one attached hydrogen (secondary N) is 1. The van der Waals surface area contributed by atoms with Gasteiger partial charge in [0.05, 0.1) is 5.52 Å². The molecule has 0 saturated heterocycles. The number of aromatic nitrogens is 3. The van der Waals surface area contributed by atoms with E-state index in [9.17, 15) is 14.0 Å². The maximum absolute atomic E-state index is 13.4. The van der Waals surface area contributed by atoms with E-state index in [0.717, 1.165) is 11.1 Å². The molecule has 3 rings (SSSR count). The maximum atomic E-state index is 13.4. The summed E-state index contributed by atoms with van der Waals surface area (Å²) in [4.78, 5) is 24.9. The third kappa shape index (κ3) is 2.92. The van der Waals surface area contributed by atoms with Gasteiger partial charge in [0.25, 0.3) is 5.91 Å². The SMILES string of the molecule is CC(C)c1nnc(NC(=O)c2cn(C)c3ccc(F)cc3c2=O)s1. The molecule has 3 aromatic rings. The van der Waals surface area contributed by atoms with E-state index in [4.69, 9.17) is 0 Å². The van der Waals surface area contributed by atoms with Crippen molar-refractivity contribution < 1.29 is 9.18 Å². The summed E-state index contributed by atoms with van der Waals surface area (Å²) in [6, 6.07) is 3.92. The maximum Gasteiger partial charge on any atom is 0.262 e. The molecule has 1 N–H and O–H groups in total. The molecule has 0 spiro atoms. The summed E-state index contributed by atoms with van der Waals surface area (Å²) in [5.74, 6) is -0.916. The lowest BCUT2D eigenvalue weighted by Gasteiger charge is -2.08. The minimum atomic E-state index is -0.590. The second kappa shape index (κ2) is 6.12. The van der Waals surface area contributed by atoms with Crippen LogP contribution >= 0.6 is 11.3 Å². The van der Waals surface area contributed by atoms with Gasteiger partial charge in [0, 0.05) is 24.5 Å². The Morgan fingerprint density at radius 3 is 2.75 bits per heavy atom. The van der Waals surface area contributed by atoms with E-state index < -0.39 is 17.2 Å². The predicted molar refractivity (Wildman–Crippen MR) is 91.1 cm³/mol. The molecule has 0 radical (unpaired) electrons. The smallest absolute Gasteiger partial charge is 0.262 e. The fourth-order valence-electron chi connectivity index (χ4n) is 2.31. The van der Waals surface area contributed by atoms with E-state index in [0.29, 0.717) is 10.6 Å². The Hall–Kier alpha value is -2.61. The van der Waals surface area contributed by atoms with Crippen molar-refractivity contribution in [2.24, 2.45) is 7.05 Å². The first kappa shape index (κ1) is 16.3. The van der Waals surface area contributed by atoms with Crippen LogP contribution in [0.3, 0.4) is 0 Å². The van der Waals surface area contributed by atoms with Crippen LogP contribution in [0.15, 0.2) is 29.2 Å². The van der Waals surface area contributed by atoms with Crippen LogP contribution in [0.4, 0.5) is 9.52 Å². The van der Waals surface area contributed by atoms with E-state index in [2.05, 4.69) is 15.5 Å². The Morgan fingerprint density at radius 1 is 1.33 bits per heavy atom. The van der Waals surface area contributed by atoms with Crippen molar-refractivity contribution in [3.05, 3.63) is 51.0 Å². The van der Waals surface area contributed by atoms with E-state index in [1.54, 1.807) is 11.6 Å². The van der Waals surface area contributed by atoms with E-state index >= 15 is 0 Å². The molecule has 8 heteroatoms. The Labute approximate surface area is 141 Å². The molecule has 1 aromatic carbocycles. The van der Waals surface area contributed by atoms with Crippen LogP contribution in [0.1, 0.15) is 35.1 Å². The number of hydrogen-bond acceptors (Lipinski definition) is 5. The van der Waals surface area contributed by atoms with Crippen molar-refractivity contribution in [3.63, 3.8) is 0 Å². The van der Waals surface area contributed by atoms with Gasteiger partial charge in [0.1, 0.15) is 16.4 Å². The summed E-state index contributed by atoms with van der Waals surface area (Å²) < 4.78 is 15.1. The van der Waals surface area contributed by atoms with Gasteiger partial charge in [-0.25, -0.2) is 4.39 Å². The zero-order valence-electron chi connectivity index (χ0n) is 13.3. The first-order chi connectivity index (χ1) is 11.4. The zero-order valence-corrected chi connectivity index (χ0v) is 14.1. The number of anilines is 1. The molecule has 0 atom stereocenters. The molecule has 2 heterocycles. The normalized spacial score (nSPS) is 11.2. The number of benzene rings is 1. The Morgan fingerprint density at radius 2 is 2.08 bits per heavy atom. The van der Waals surface area contributed by atoms with Crippen molar-refractivity contribution in [2.75, 3.05) is 5.32 Å². The summed E-state index contributed by atoms with van der Waals surface area (Å²) in [6.07, 6.45) is 1.43. The molecule has 6 nitrogen and oxygen atoms in total. The molecular weight excluding hydrogens is 331 g/mol. The van der Waals surface area contributed by atoms with Crippen LogP contribution in [0, 0.1) is 5.82 Å². The molecule has 0 fully saturated rings. The number of hydrogen-bond donors (Lipinski definition) is 1. The van der Waals surface area contributed by atoms with Gasteiger partial charge in [-0.1, -0.05) is 25.2 Å². The monoisotopic (exact) mass is 346 g/mol. The van der Waals surface area contributed by atoms with E-state index in [1.807, 2.05) is 13.8 Å². The number of pyridine rings is 1. The summed E-state index contributed by atoms with van der Waals surface area (Å²) >= 11 is 1.26. The number of carbonyl (C=O) groups excluding carboxylic acids is 1. The third-order valence-corrected chi connectivity index (χ3v) is 4.69. The van der Waals surface area contributed by atoms with Crippen LogP contribution in [-0.2, 0) is 7.05 Å². The van der Waals surface area contributed by atoms with Crippen LogP contribution in [-0.4, -0.2) is 20.7 Å². The number of halogens is 1. The van der Waals surface area contributed by atoms with Gasteiger partial charge in [-0.2, -0.15) is 0 Å². The highest BCUT2D eigenvalue weighted by atomic mass is 32.1. The minimum Gasteiger partial charge on any atom is -0.350 e. The highest BCUT2D eigenvalue weighted by Gasteiger charge is 2.17. The number of carbonyl (C=O) groups is 1. The van der Waals surface area contributed by atoms with Gasteiger partial charge in [-0.15, -0.1) is 10.2 Å². The lowest BCUT2D eigenvalue weighted by Crippen LogP contribution is -2.23. The molecule has 0 aliphatic carbocycles. The fraction of sp³-hybridized carbons (Fsp3) is 0.250. The summed E-state index contributed by atoms with van der Waals surface area (Å²) in [5, 5.41) is 11.7. The van der Waals surface area contributed by atoms with Crippen LogP contribution in [0.2, 0.25) is 0 Å². The molecule has 2 aromatic heterocycles. The topological polar surface area (TPSA) is 76.9 Å². The molecule has 0 saturated carbocycles. The number of fused-ring (bicyclic) bond motifs is 1. The highest BCUT2D eigenvalue weighted by molar-refractivity contribution is 7.15. The average Bonchev–Trinajstić information content (AvgIpc) is 2.99. The van der Waals surface area contributed by atoms with Crippen LogP contribution < -0.4 is 10.7 Å². The molecule has 1 amide bonds. The first-order valence-corrected chi connectivity index (χ1v) is 8.12. The number of nitrogens with zero attached hydrogens (tertiary/aromatic N) is 3. The van der Waals surface area contributed by atoms with Crippen molar-refractivity contribution in [1.82, 2.24) is 14.8 Å². The standard InChI is InChI=1S/C16H15FN4O2S/c1-8(2)15-19-20-16(24-15)18-14(23)11-7-21(3)12-5-4-9(17)6-10(12)13(11)22/h4-8H,1-3H3,(H,18,20,23). The van der Waals surface area contributed by atoms with E-state index in [1.165, 1.54) is 29.7 Å². The lowest BCUT2D eigenvalue weighted by atomic mass is 10.1. The Balaban J connectivity index is 2.00. The fourth-order valence-corrected chi connectivity index (χ4v) is 3.05. The van der Waals surface area contributed by atoms with Gasteiger partial charge >= 0.3 is 0 Å². The van der Waals surface area contributed by atoms with Gasteiger partial charge in [0.15, 0.2) is 0 Å². The second-order valence-electron chi connectivity index (χ2n) is 5.70. The van der Waals surface area contributed by atoms with Crippen molar-refractivity contribution in [2.45, 2.75) is 19.8 Å². The molecule has 0 aliphatic heterocycles. The summed E-state index contributed by atoms with van der Waals surface area (Å²) in [6.45, 7) is 3.94. The zero-order chi connectivity index (χ0) is 17.4. The van der Waals surface area contributed by atoms with Crippen molar-refractivity contribution in [3.8, 4) is 0 Å². The van der Waals surface area contributed by atoms with Crippen LogP contribution in [0.25, 0.3) is 10.9 Å². The quantitative estimate of drug-likeness (QED) is 0.791. The minimum absolute atomic E-state index is 0.0723. The molecule has 0 aliphatic rings. The summed E-state index contributed by atoms with van der Waals surface area (Å²) in [7, 11) is 1.69. The number of rotatable bonds is 3. The first-order valence-electron chi connectivity index (χ1n) is 7.30. The predicted octanol–water partition coefficient (Wildman–Crippen LogP) is 2.90. The van der Waals surface area contributed by atoms with Gasteiger partial charge < -0.3 is 4.57 Å². The highest BCUT2D eigenvalue weighted by Crippen LogP contribution is 2.22.